The summed E-state index contributed by atoms with van der Waals surface area (Å²) in [6, 6.07) is 27.2. The van der Waals surface area contributed by atoms with Gasteiger partial charge in [-0.2, -0.15) is 0 Å². The zero-order valence-electron chi connectivity index (χ0n) is 28.0. The second-order valence-electron chi connectivity index (χ2n) is 13.7. The number of hydrogen-bond acceptors (Lipinski definition) is 4. The summed E-state index contributed by atoms with van der Waals surface area (Å²) in [6.07, 6.45) is 4.76. The van der Waals surface area contributed by atoms with E-state index in [2.05, 4.69) is 41.0 Å². The minimum absolute atomic E-state index is 0. The third-order valence-corrected chi connectivity index (χ3v) is 12.4. The van der Waals surface area contributed by atoms with Crippen molar-refractivity contribution in [1.82, 2.24) is 10.6 Å². The molecular weight excluding hydrogens is 980 g/mol. The molecule has 0 radical (unpaired) electrons. The van der Waals surface area contributed by atoms with Crippen molar-refractivity contribution in [2.75, 3.05) is 13.1 Å². The van der Waals surface area contributed by atoms with Crippen molar-refractivity contribution in [3.8, 4) is 0 Å². The van der Waals surface area contributed by atoms with Crippen LogP contribution in [-0.4, -0.2) is 24.9 Å². The molecule has 2 saturated heterocycles. The van der Waals surface area contributed by atoms with Crippen molar-refractivity contribution in [1.29, 1.82) is 0 Å². The Labute approximate surface area is 348 Å². The Kier molecular flexibility index (Phi) is 13.7. The molecule has 53 heavy (non-hydrogen) atoms. The molecule has 282 valence electrons. The number of allylic oxidation sites excluding steroid dienone is 1. The Hall–Kier alpha value is -2.41. The monoisotopic (exact) mass is 1010 g/mol. The molecule has 2 aliphatic heterocycles. The predicted octanol–water partition coefficient (Wildman–Crippen LogP) is 11.3. The average Bonchev–Trinajstić information content (AvgIpc) is 3.69. The third kappa shape index (κ3) is 9.35. The van der Waals surface area contributed by atoms with Gasteiger partial charge in [0.2, 0.25) is 11.8 Å². The number of halogens is 6. The summed E-state index contributed by atoms with van der Waals surface area (Å²) in [5.74, 6) is 1.62. The second kappa shape index (κ2) is 18.0. The van der Waals surface area contributed by atoms with E-state index in [9.17, 15) is 9.59 Å². The molecule has 4 aliphatic rings. The summed E-state index contributed by atoms with van der Waals surface area (Å²) in [4.78, 5) is 24.4. The van der Waals surface area contributed by atoms with Crippen LogP contribution in [0.1, 0.15) is 60.7 Å². The number of carbonyl (C=O) groups excluding carboxylic acids is 2. The van der Waals surface area contributed by atoms with Gasteiger partial charge in [0, 0.05) is 56.5 Å². The Morgan fingerprint density at radius 3 is 1.74 bits per heavy atom. The second-order valence-corrected chi connectivity index (χ2v) is 16.6. The quantitative estimate of drug-likeness (QED) is 0.213. The van der Waals surface area contributed by atoms with Crippen molar-refractivity contribution in [2.24, 2.45) is 23.7 Å². The molecule has 8 rings (SSSR count). The van der Waals surface area contributed by atoms with E-state index < -0.39 is 18.5 Å². The van der Waals surface area contributed by atoms with Crippen LogP contribution >= 0.6 is 69.6 Å². The van der Waals surface area contributed by atoms with Crippen LogP contribution in [0, 0.1) is 23.7 Å². The van der Waals surface area contributed by atoms with Crippen LogP contribution in [0.3, 0.4) is 0 Å². The van der Waals surface area contributed by atoms with Gasteiger partial charge in [0.05, 0.1) is 5.92 Å². The molecule has 4 aromatic carbocycles. The first-order valence-electron chi connectivity index (χ1n) is 17.0. The van der Waals surface area contributed by atoms with Gasteiger partial charge in [-0.25, -0.2) is 0 Å². The van der Waals surface area contributed by atoms with Gasteiger partial charge in [0.1, 0.15) is 0 Å². The maximum atomic E-state index is 12.2. The Morgan fingerprint density at radius 2 is 1.11 bits per heavy atom. The summed E-state index contributed by atoms with van der Waals surface area (Å²) in [7, 11) is 0. The summed E-state index contributed by atoms with van der Waals surface area (Å²) in [5, 5.41) is 9.96. The normalized spacial score (nSPS) is 25.8. The van der Waals surface area contributed by atoms with E-state index >= 15 is 0 Å². The van der Waals surface area contributed by atoms with Crippen molar-refractivity contribution < 1.29 is 36.3 Å². The number of nitrogens with one attached hydrogen (secondary N) is 2. The van der Waals surface area contributed by atoms with E-state index in [1.807, 2.05) is 48.5 Å². The molecule has 2 aliphatic carbocycles. The van der Waals surface area contributed by atoms with Gasteiger partial charge in [0.15, 0.2) is 0 Å². The van der Waals surface area contributed by atoms with Gasteiger partial charge in [0.25, 0.3) is 0 Å². The van der Waals surface area contributed by atoms with Crippen molar-refractivity contribution in [3.63, 3.8) is 0 Å². The number of benzene rings is 4. The van der Waals surface area contributed by atoms with Gasteiger partial charge >= 0.3 is 25.3 Å². The van der Waals surface area contributed by atoms with E-state index in [0.29, 0.717) is 42.9 Å². The van der Waals surface area contributed by atoms with Crippen molar-refractivity contribution >= 4 is 87.0 Å². The van der Waals surface area contributed by atoms with Crippen LogP contribution in [0.4, 0.5) is 0 Å². The fourth-order valence-corrected chi connectivity index (χ4v) is 9.62. The molecule has 0 unspecified atom stereocenters. The molecule has 0 spiro atoms. The summed E-state index contributed by atoms with van der Waals surface area (Å²) in [5.41, 5.74) is 5.52. The standard InChI is InChI=1S/C20H18Cl3NO.C20H16Cl3NO.2O.Pt.H2/c2*21-13-3-1-11(2-4-13)16-7-12-10-24-20(25)17(12)9-18(16)15-6-5-14(22)8-19(15)23;;;;/h1-6,8,12,16-18H,7,9-10H2,(H,24,25);1-6,8-9,12,16-17H,7,10H2,(H,24,25);;;;1H/t12-,16-,17-,18-;12-,16-,17-;;;;/m11..../s1. The van der Waals surface area contributed by atoms with Gasteiger partial charge in [-0.15, -0.1) is 0 Å². The summed E-state index contributed by atoms with van der Waals surface area (Å²) < 4.78 is 17.0. The van der Waals surface area contributed by atoms with Gasteiger partial charge < -0.3 is 10.6 Å². The van der Waals surface area contributed by atoms with Crippen LogP contribution in [0.15, 0.2) is 91.0 Å². The zero-order chi connectivity index (χ0) is 37.8. The van der Waals surface area contributed by atoms with E-state index in [1.165, 1.54) is 11.1 Å². The predicted molar refractivity (Wildman–Crippen MR) is 209 cm³/mol. The molecule has 7 atom stereocenters. The van der Waals surface area contributed by atoms with Gasteiger partial charge in [-0.05, 0) is 119 Å². The van der Waals surface area contributed by atoms with Gasteiger partial charge in [-0.3, -0.25) is 9.59 Å². The molecule has 2 heterocycles. The van der Waals surface area contributed by atoms with Crippen LogP contribution in [-0.2, 0) is 34.9 Å². The fourth-order valence-electron chi connectivity index (χ4n) is 8.30. The molecule has 3 fully saturated rings. The Balaban J connectivity index is 0.000000190. The number of carbonyl (C=O) groups is 2. The first kappa shape index (κ1) is 40.3. The Morgan fingerprint density at radius 1 is 0.566 bits per heavy atom. The Bertz CT molecular complexity index is 2060. The third-order valence-electron chi connectivity index (χ3n) is 10.8. The SMILES string of the molecule is O=C1NC[C@H]2C[C@H](c3ccc(Cl)cc3)C(c3ccc(Cl)cc3Cl)=C[C@@H]12.O=C1NC[C@H]2C[C@H](c3ccc(Cl)cc3)[C@@H](c3ccc(Cl)cc3Cl)C[C@@H]12.[HH].[O]=[Pt]=[O]. The van der Waals surface area contributed by atoms with E-state index in [1.54, 1.807) is 12.1 Å². The van der Waals surface area contributed by atoms with E-state index in [0.717, 1.165) is 54.1 Å². The van der Waals surface area contributed by atoms with Crippen LogP contribution in [0.5, 0.6) is 0 Å². The number of fused-ring (bicyclic) bond motifs is 2. The van der Waals surface area contributed by atoms with E-state index in [-0.39, 0.29) is 36.9 Å². The van der Waals surface area contributed by atoms with Crippen molar-refractivity contribution in [2.45, 2.75) is 37.0 Å². The number of hydrogen-bond donors (Lipinski definition) is 2. The summed E-state index contributed by atoms with van der Waals surface area (Å²) in [6.45, 7) is 1.50. The van der Waals surface area contributed by atoms with E-state index in [4.69, 9.17) is 76.4 Å². The molecule has 13 heteroatoms. The number of rotatable bonds is 4. The molecule has 0 bridgehead atoms. The topological polar surface area (TPSA) is 92.3 Å². The zero-order valence-corrected chi connectivity index (χ0v) is 34.8. The maximum absolute atomic E-state index is 12.2. The van der Waals surface area contributed by atoms with Crippen molar-refractivity contribution in [3.05, 3.63) is 143 Å². The van der Waals surface area contributed by atoms with Crippen LogP contribution in [0.2, 0.25) is 30.1 Å². The van der Waals surface area contributed by atoms with Crippen LogP contribution in [0.25, 0.3) is 5.57 Å². The first-order valence-corrected chi connectivity index (χ1v) is 21.1. The number of amides is 2. The fraction of sp³-hybridized carbons (Fsp3) is 0.300. The van der Waals surface area contributed by atoms with Gasteiger partial charge in [-0.1, -0.05) is 112 Å². The van der Waals surface area contributed by atoms with Crippen LogP contribution < -0.4 is 10.6 Å². The molecule has 2 N–H and O–H groups in total. The first-order chi connectivity index (χ1) is 25.5. The average molecular weight is 1020 g/mol. The summed E-state index contributed by atoms with van der Waals surface area (Å²) >= 11 is 35.3. The molecule has 4 aromatic rings. The molecule has 6 nitrogen and oxygen atoms in total. The minimum atomic E-state index is -1.92. The molecule has 1 saturated carbocycles. The molecular formula is C40H36Cl6N2O4Pt. The molecule has 0 aromatic heterocycles. The molecule has 2 amide bonds.